The minimum absolute atomic E-state index is 0.0462. The van der Waals surface area contributed by atoms with Gasteiger partial charge in [-0.3, -0.25) is 0 Å². The maximum Gasteiger partial charge on any atom is 0.433 e. The number of methoxy groups -OCH3 is 1. The number of hydrogen-bond donors (Lipinski definition) is 1. The Balaban J connectivity index is 2.49. The van der Waals surface area contributed by atoms with Crippen molar-refractivity contribution in [2.75, 3.05) is 39.3 Å². The van der Waals surface area contributed by atoms with Crippen LogP contribution in [-0.2, 0) is 15.7 Å². The zero-order chi connectivity index (χ0) is 14.3. The molecule has 0 aromatic carbocycles. The average Bonchev–Trinajstić information content (AvgIpc) is 2.34. The molecule has 0 aliphatic carbocycles. The largest absolute Gasteiger partial charge is 0.489 e. The minimum Gasteiger partial charge on any atom is -0.489 e. The van der Waals surface area contributed by atoms with Crippen LogP contribution in [0.15, 0.2) is 12.3 Å². The normalized spacial score (nSPS) is 11.6. The first kappa shape index (κ1) is 15.5. The predicted octanol–water partition coefficient (Wildman–Crippen LogP) is 1.72. The van der Waals surface area contributed by atoms with Gasteiger partial charge < -0.3 is 19.9 Å². The lowest BCUT2D eigenvalue weighted by Gasteiger charge is -2.11. The molecule has 19 heavy (non-hydrogen) atoms. The van der Waals surface area contributed by atoms with Crippen molar-refractivity contribution in [1.82, 2.24) is 4.98 Å². The molecule has 0 amide bonds. The molecule has 5 nitrogen and oxygen atoms in total. The third kappa shape index (κ3) is 5.31. The summed E-state index contributed by atoms with van der Waals surface area (Å²) in [4.78, 5) is 3.20. The number of nitrogens with two attached hydrogens (primary N) is 1. The van der Waals surface area contributed by atoms with Gasteiger partial charge in [-0.05, 0) is 0 Å². The fraction of sp³-hybridized carbons (Fsp3) is 0.545. The minimum atomic E-state index is -4.53. The number of rotatable bonds is 7. The van der Waals surface area contributed by atoms with Crippen molar-refractivity contribution in [3.63, 3.8) is 0 Å². The molecular formula is C11H15F3N2O3. The summed E-state index contributed by atoms with van der Waals surface area (Å²) >= 11 is 0. The van der Waals surface area contributed by atoms with Crippen LogP contribution in [0.3, 0.4) is 0 Å². The predicted molar refractivity (Wildman–Crippen MR) is 61.8 cm³/mol. The van der Waals surface area contributed by atoms with Crippen LogP contribution in [0.1, 0.15) is 5.69 Å². The van der Waals surface area contributed by atoms with Gasteiger partial charge in [0.1, 0.15) is 18.1 Å². The number of nitrogen functional groups attached to an aromatic ring is 1. The quantitative estimate of drug-likeness (QED) is 0.770. The number of pyridine rings is 1. The van der Waals surface area contributed by atoms with E-state index in [4.69, 9.17) is 19.9 Å². The highest BCUT2D eigenvalue weighted by Crippen LogP contribution is 2.31. The van der Waals surface area contributed by atoms with Gasteiger partial charge in [-0.2, -0.15) is 13.2 Å². The first-order valence-corrected chi connectivity index (χ1v) is 5.47. The third-order valence-corrected chi connectivity index (χ3v) is 2.10. The van der Waals surface area contributed by atoms with Gasteiger partial charge in [-0.25, -0.2) is 4.98 Å². The van der Waals surface area contributed by atoms with Gasteiger partial charge in [0.25, 0.3) is 0 Å². The van der Waals surface area contributed by atoms with E-state index in [1.165, 1.54) is 7.11 Å². The number of aromatic nitrogens is 1. The van der Waals surface area contributed by atoms with E-state index in [0.29, 0.717) is 13.2 Å². The summed E-state index contributed by atoms with van der Waals surface area (Å²) in [5, 5.41) is 0. The number of nitrogens with zero attached hydrogens (tertiary/aromatic N) is 1. The fourth-order valence-corrected chi connectivity index (χ4v) is 1.18. The molecule has 1 rings (SSSR count). The smallest absolute Gasteiger partial charge is 0.433 e. The maximum atomic E-state index is 12.4. The van der Waals surface area contributed by atoms with Gasteiger partial charge in [0, 0.05) is 13.2 Å². The lowest BCUT2D eigenvalue weighted by Crippen LogP contribution is -2.13. The lowest BCUT2D eigenvalue weighted by atomic mass is 10.3. The molecule has 0 fully saturated rings. The first-order valence-electron chi connectivity index (χ1n) is 5.47. The van der Waals surface area contributed by atoms with E-state index < -0.39 is 11.9 Å². The zero-order valence-electron chi connectivity index (χ0n) is 10.4. The van der Waals surface area contributed by atoms with Crippen molar-refractivity contribution < 1.29 is 27.4 Å². The first-order chi connectivity index (χ1) is 8.95. The zero-order valence-corrected chi connectivity index (χ0v) is 10.4. The van der Waals surface area contributed by atoms with Crippen LogP contribution in [0, 0.1) is 0 Å². The molecule has 8 heteroatoms. The Morgan fingerprint density at radius 3 is 2.53 bits per heavy atom. The van der Waals surface area contributed by atoms with E-state index in [2.05, 4.69) is 4.98 Å². The Bertz CT molecular complexity index is 399. The molecule has 1 heterocycles. The summed E-state index contributed by atoms with van der Waals surface area (Å²) in [6.07, 6.45) is -3.61. The Morgan fingerprint density at radius 2 is 1.89 bits per heavy atom. The SMILES string of the molecule is COCCOCCOc1cc(C(F)(F)F)ncc1N. The topological polar surface area (TPSA) is 66.6 Å². The van der Waals surface area contributed by atoms with E-state index in [1.54, 1.807) is 0 Å². The van der Waals surface area contributed by atoms with E-state index in [-0.39, 0.29) is 24.7 Å². The van der Waals surface area contributed by atoms with Crippen LogP contribution in [0.25, 0.3) is 0 Å². The number of alkyl halides is 3. The molecule has 0 aliphatic rings. The second-order valence-electron chi connectivity index (χ2n) is 3.56. The molecule has 1 aromatic heterocycles. The number of anilines is 1. The molecule has 0 spiro atoms. The van der Waals surface area contributed by atoms with Crippen LogP contribution in [0.2, 0.25) is 0 Å². The van der Waals surface area contributed by atoms with Gasteiger partial charge in [-0.15, -0.1) is 0 Å². The van der Waals surface area contributed by atoms with Crippen LogP contribution >= 0.6 is 0 Å². The summed E-state index contributed by atoms with van der Waals surface area (Å²) in [6.45, 7) is 1.15. The molecule has 2 N–H and O–H groups in total. The summed E-state index contributed by atoms with van der Waals surface area (Å²) < 4.78 is 52.3. The highest BCUT2D eigenvalue weighted by atomic mass is 19.4. The van der Waals surface area contributed by atoms with E-state index in [0.717, 1.165) is 12.3 Å². The monoisotopic (exact) mass is 280 g/mol. The standard InChI is InChI=1S/C11H15F3N2O3/c1-17-2-3-18-4-5-19-9-6-10(11(12,13)14)16-7-8(9)15/h6-7H,2-5,15H2,1H3. The van der Waals surface area contributed by atoms with Crippen molar-refractivity contribution in [3.05, 3.63) is 18.0 Å². The Labute approximate surface area is 108 Å². The average molecular weight is 280 g/mol. The molecule has 0 bridgehead atoms. The van der Waals surface area contributed by atoms with Crippen molar-refractivity contribution in [3.8, 4) is 5.75 Å². The third-order valence-electron chi connectivity index (χ3n) is 2.10. The molecule has 0 saturated heterocycles. The van der Waals surface area contributed by atoms with Gasteiger partial charge in [-0.1, -0.05) is 0 Å². The molecule has 108 valence electrons. The van der Waals surface area contributed by atoms with Gasteiger partial charge >= 0.3 is 6.18 Å². The second kappa shape index (κ2) is 7.15. The molecule has 1 aromatic rings. The Morgan fingerprint density at radius 1 is 1.21 bits per heavy atom. The Hall–Kier alpha value is -1.54. The number of ether oxygens (including phenoxy) is 3. The van der Waals surface area contributed by atoms with Crippen molar-refractivity contribution in [2.45, 2.75) is 6.18 Å². The van der Waals surface area contributed by atoms with Crippen LogP contribution in [0.4, 0.5) is 18.9 Å². The molecule has 0 aliphatic heterocycles. The molecular weight excluding hydrogens is 265 g/mol. The summed E-state index contributed by atoms with van der Waals surface area (Å²) in [5.74, 6) is -0.0577. The van der Waals surface area contributed by atoms with Crippen LogP contribution in [-0.4, -0.2) is 38.5 Å². The van der Waals surface area contributed by atoms with E-state index in [9.17, 15) is 13.2 Å². The van der Waals surface area contributed by atoms with E-state index >= 15 is 0 Å². The summed E-state index contributed by atoms with van der Waals surface area (Å²) in [5.41, 5.74) is 4.48. The lowest BCUT2D eigenvalue weighted by molar-refractivity contribution is -0.141. The number of halogens is 3. The van der Waals surface area contributed by atoms with Gasteiger partial charge in [0.2, 0.25) is 0 Å². The van der Waals surface area contributed by atoms with Crippen molar-refractivity contribution in [1.29, 1.82) is 0 Å². The van der Waals surface area contributed by atoms with E-state index in [1.807, 2.05) is 0 Å². The molecule has 0 unspecified atom stereocenters. The maximum absolute atomic E-state index is 12.4. The van der Waals surface area contributed by atoms with Crippen molar-refractivity contribution >= 4 is 5.69 Å². The number of hydrogen-bond acceptors (Lipinski definition) is 5. The summed E-state index contributed by atoms with van der Waals surface area (Å²) in [6, 6.07) is 0.768. The summed E-state index contributed by atoms with van der Waals surface area (Å²) in [7, 11) is 1.54. The second-order valence-corrected chi connectivity index (χ2v) is 3.56. The van der Waals surface area contributed by atoms with Gasteiger partial charge in [0.05, 0.1) is 31.7 Å². The van der Waals surface area contributed by atoms with Crippen molar-refractivity contribution in [2.24, 2.45) is 0 Å². The molecule has 0 saturated carbocycles. The van der Waals surface area contributed by atoms with Crippen LogP contribution < -0.4 is 10.5 Å². The van der Waals surface area contributed by atoms with Gasteiger partial charge in [0.15, 0.2) is 0 Å². The highest BCUT2D eigenvalue weighted by molar-refractivity contribution is 5.51. The Kier molecular flexibility index (Phi) is 5.84. The van der Waals surface area contributed by atoms with Crippen LogP contribution in [0.5, 0.6) is 5.75 Å². The molecule has 0 atom stereocenters. The fourth-order valence-electron chi connectivity index (χ4n) is 1.18. The highest BCUT2D eigenvalue weighted by Gasteiger charge is 2.33. The molecule has 0 radical (unpaired) electrons.